The van der Waals surface area contributed by atoms with E-state index in [1.807, 2.05) is 39.0 Å². The van der Waals surface area contributed by atoms with E-state index in [2.05, 4.69) is 18.8 Å². The summed E-state index contributed by atoms with van der Waals surface area (Å²) in [6.07, 6.45) is 2.36. The summed E-state index contributed by atoms with van der Waals surface area (Å²) in [6, 6.07) is 12.8. The smallest absolute Gasteiger partial charge is 0.240 e. The van der Waals surface area contributed by atoms with Gasteiger partial charge in [-0.1, -0.05) is 19.9 Å². The largest absolute Gasteiger partial charge is 0.462 e. The molecule has 0 saturated carbocycles. The summed E-state index contributed by atoms with van der Waals surface area (Å²) < 4.78 is 18.2. The Hall–Kier alpha value is -2.62. The summed E-state index contributed by atoms with van der Waals surface area (Å²) >= 11 is 0. The molecule has 0 amide bonds. The van der Waals surface area contributed by atoms with Crippen molar-refractivity contribution in [1.29, 1.82) is 0 Å². The molecule has 0 N–H and O–H groups in total. The molecule has 0 saturated heterocycles. The highest BCUT2D eigenvalue weighted by Crippen LogP contribution is 2.47. The lowest BCUT2D eigenvalue weighted by molar-refractivity contribution is -0.210. The molecule has 2 aromatic carbocycles. The zero-order chi connectivity index (χ0) is 19.7. The normalized spacial score (nSPS) is 20.4. The average molecular weight is 367 g/mol. The molecule has 1 unspecified atom stereocenters. The molecule has 0 bridgehead atoms. The summed E-state index contributed by atoms with van der Waals surface area (Å²) in [6.45, 7) is 10.4. The maximum absolute atomic E-state index is 10.3. The Morgan fingerprint density at radius 2 is 1.74 bits per heavy atom. The molecule has 0 fully saturated rings. The van der Waals surface area contributed by atoms with Crippen molar-refractivity contribution < 1.29 is 19.0 Å². The van der Waals surface area contributed by atoms with Gasteiger partial charge in [-0.25, -0.2) is 4.79 Å². The quantitative estimate of drug-likeness (QED) is 0.506. The Kier molecular flexibility index (Phi) is 5.09. The SMILES string of the molecule is CC(C)OC1(C)CC(C)(C)c2ccc(Oc3ccc(N=C=O)cc3)cc2O1. The lowest BCUT2D eigenvalue weighted by Crippen LogP contribution is -2.47. The molecule has 0 radical (unpaired) electrons. The molecular formula is C22H25NO4. The Morgan fingerprint density at radius 3 is 2.37 bits per heavy atom. The molecule has 1 aliphatic rings. The number of ether oxygens (including phenoxy) is 3. The van der Waals surface area contributed by atoms with E-state index in [1.54, 1.807) is 24.3 Å². The third-order valence-electron chi connectivity index (χ3n) is 4.50. The van der Waals surface area contributed by atoms with E-state index in [1.165, 1.54) is 6.08 Å². The van der Waals surface area contributed by atoms with Crippen LogP contribution in [0.3, 0.4) is 0 Å². The minimum absolute atomic E-state index is 0.0688. The predicted molar refractivity (Wildman–Crippen MR) is 104 cm³/mol. The molecule has 27 heavy (non-hydrogen) atoms. The van der Waals surface area contributed by atoms with Crippen molar-refractivity contribution in [3.63, 3.8) is 0 Å². The lowest BCUT2D eigenvalue weighted by atomic mass is 9.76. The number of isocyanates is 1. The van der Waals surface area contributed by atoms with Crippen molar-refractivity contribution in [3.05, 3.63) is 48.0 Å². The summed E-state index contributed by atoms with van der Waals surface area (Å²) in [5.74, 6) is 1.41. The van der Waals surface area contributed by atoms with E-state index >= 15 is 0 Å². The van der Waals surface area contributed by atoms with Crippen LogP contribution >= 0.6 is 0 Å². The van der Waals surface area contributed by atoms with Gasteiger partial charge in [0.15, 0.2) is 0 Å². The van der Waals surface area contributed by atoms with E-state index < -0.39 is 5.79 Å². The van der Waals surface area contributed by atoms with Gasteiger partial charge in [-0.05, 0) is 49.6 Å². The lowest BCUT2D eigenvalue weighted by Gasteiger charge is -2.44. The van der Waals surface area contributed by atoms with Gasteiger partial charge in [-0.3, -0.25) is 0 Å². The number of hydrogen-bond acceptors (Lipinski definition) is 5. The van der Waals surface area contributed by atoms with Gasteiger partial charge in [-0.2, -0.15) is 4.99 Å². The van der Waals surface area contributed by atoms with Crippen LogP contribution < -0.4 is 9.47 Å². The van der Waals surface area contributed by atoms with Crippen LogP contribution in [0.15, 0.2) is 47.5 Å². The zero-order valence-corrected chi connectivity index (χ0v) is 16.4. The van der Waals surface area contributed by atoms with Crippen LogP contribution in [0.2, 0.25) is 0 Å². The van der Waals surface area contributed by atoms with Crippen LogP contribution in [0.25, 0.3) is 0 Å². The molecule has 3 rings (SSSR count). The molecule has 1 heterocycles. The average Bonchev–Trinajstić information content (AvgIpc) is 2.54. The minimum atomic E-state index is -0.683. The summed E-state index contributed by atoms with van der Waals surface area (Å²) in [7, 11) is 0. The number of carbonyl (C=O) groups excluding carboxylic acids is 1. The summed E-state index contributed by atoms with van der Waals surface area (Å²) in [5, 5.41) is 0. The third-order valence-corrected chi connectivity index (χ3v) is 4.50. The molecule has 0 spiro atoms. The highest BCUT2D eigenvalue weighted by Gasteiger charge is 2.43. The second kappa shape index (κ2) is 7.18. The number of nitrogens with zero attached hydrogens (tertiary/aromatic N) is 1. The Bertz CT molecular complexity index is 866. The zero-order valence-electron chi connectivity index (χ0n) is 16.4. The van der Waals surface area contributed by atoms with Crippen LogP contribution in [0.5, 0.6) is 17.2 Å². The van der Waals surface area contributed by atoms with Gasteiger partial charge in [0.1, 0.15) is 17.2 Å². The number of aliphatic imine (C=N–C) groups is 1. The third kappa shape index (κ3) is 4.38. The standard InChI is InChI=1S/C22H25NO4/c1-15(2)26-22(5)13-21(3,4)19-11-10-18(12-20(19)27-22)25-17-8-6-16(7-9-17)23-14-24/h6-12,15H,13H2,1-5H3. The van der Waals surface area contributed by atoms with E-state index in [0.717, 1.165) is 17.7 Å². The molecule has 2 aromatic rings. The molecule has 5 heteroatoms. The fraction of sp³-hybridized carbons (Fsp3) is 0.409. The Morgan fingerprint density at radius 1 is 1.07 bits per heavy atom. The minimum Gasteiger partial charge on any atom is -0.462 e. The molecule has 1 atom stereocenters. The highest BCUT2D eigenvalue weighted by atomic mass is 16.7. The molecule has 142 valence electrons. The van der Waals surface area contributed by atoms with Crippen LogP contribution in [0, 0.1) is 0 Å². The van der Waals surface area contributed by atoms with Crippen LogP contribution in [-0.4, -0.2) is 18.0 Å². The Balaban J connectivity index is 1.87. The van der Waals surface area contributed by atoms with E-state index in [-0.39, 0.29) is 11.5 Å². The fourth-order valence-corrected chi connectivity index (χ4v) is 3.72. The second-order valence-corrected chi connectivity index (χ2v) is 7.92. The number of fused-ring (bicyclic) bond motifs is 1. The van der Waals surface area contributed by atoms with Gasteiger partial charge in [-0.15, -0.1) is 0 Å². The van der Waals surface area contributed by atoms with Gasteiger partial charge in [0.25, 0.3) is 0 Å². The van der Waals surface area contributed by atoms with Gasteiger partial charge in [0.2, 0.25) is 11.9 Å². The predicted octanol–water partition coefficient (Wildman–Crippen LogP) is 5.65. The first-order valence-electron chi connectivity index (χ1n) is 9.08. The van der Waals surface area contributed by atoms with Gasteiger partial charge < -0.3 is 14.2 Å². The first-order valence-corrected chi connectivity index (χ1v) is 9.08. The first-order chi connectivity index (χ1) is 12.7. The maximum Gasteiger partial charge on any atom is 0.240 e. The molecular weight excluding hydrogens is 342 g/mol. The molecule has 0 aromatic heterocycles. The van der Waals surface area contributed by atoms with Crippen LogP contribution in [-0.2, 0) is 14.9 Å². The van der Waals surface area contributed by atoms with Crippen LogP contribution in [0.4, 0.5) is 5.69 Å². The van der Waals surface area contributed by atoms with E-state index in [0.29, 0.717) is 17.2 Å². The van der Waals surface area contributed by atoms with Gasteiger partial charge in [0.05, 0.1) is 11.8 Å². The topological polar surface area (TPSA) is 57.1 Å². The summed E-state index contributed by atoms with van der Waals surface area (Å²) in [5.41, 5.74) is 1.59. The molecule has 1 aliphatic heterocycles. The number of benzene rings is 2. The van der Waals surface area contributed by atoms with Crippen molar-refractivity contribution in [2.45, 2.75) is 58.3 Å². The van der Waals surface area contributed by atoms with E-state index in [4.69, 9.17) is 14.2 Å². The molecule has 0 aliphatic carbocycles. The second-order valence-electron chi connectivity index (χ2n) is 7.92. The summed E-state index contributed by atoms with van der Waals surface area (Å²) in [4.78, 5) is 13.9. The monoisotopic (exact) mass is 367 g/mol. The van der Waals surface area contributed by atoms with E-state index in [9.17, 15) is 4.79 Å². The van der Waals surface area contributed by atoms with Crippen molar-refractivity contribution >= 4 is 11.8 Å². The number of rotatable bonds is 5. The van der Waals surface area contributed by atoms with Crippen molar-refractivity contribution in [1.82, 2.24) is 0 Å². The van der Waals surface area contributed by atoms with Gasteiger partial charge in [0, 0.05) is 25.0 Å². The maximum atomic E-state index is 10.3. The van der Waals surface area contributed by atoms with Crippen LogP contribution in [0.1, 0.15) is 46.6 Å². The molecule has 5 nitrogen and oxygen atoms in total. The highest BCUT2D eigenvalue weighted by molar-refractivity contribution is 5.51. The van der Waals surface area contributed by atoms with Crippen molar-refractivity contribution in [2.24, 2.45) is 4.99 Å². The Labute approximate surface area is 160 Å². The number of hydrogen-bond donors (Lipinski definition) is 0. The van der Waals surface area contributed by atoms with Crippen molar-refractivity contribution in [3.8, 4) is 17.2 Å². The first kappa shape index (κ1) is 19.2. The fourth-order valence-electron chi connectivity index (χ4n) is 3.72. The van der Waals surface area contributed by atoms with Gasteiger partial charge >= 0.3 is 0 Å². The van der Waals surface area contributed by atoms with Crippen molar-refractivity contribution in [2.75, 3.05) is 0 Å².